The van der Waals surface area contributed by atoms with Crippen LogP contribution >= 0.6 is 0 Å². The zero-order valence-corrected chi connectivity index (χ0v) is 9.26. The number of rotatable bonds is 3. The summed E-state index contributed by atoms with van der Waals surface area (Å²) in [4.78, 5) is 10.6. The molecule has 0 saturated carbocycles. The highest BCUT2D eigenvalue weighted by molar-refractivity contribution is 5.93. The number of aromatic hydroxyl groups is 1. The van der Waals surface area contributed by atoms with Gasteiger partial charge in [0.15, 0.2) is 0 Å². The molecule has 0 spiro atoms. The van der Waals surface area contributed by atoms with Crippen molar-refractivity contribution in [1.82, 2.24) is 0 Å². The van der Waals surface area contributed by atoms with Gasteiger partial charge in [0.1, 0.15) is 5.75 Å². The van der Waals surface area contributed by atoms with Gasteiger partial charge in [-0.2, -0.15) is 0 Å². The minimum atomic E-state index is -0.388. The molecule has 3 heteroatoms. The van der Waals surface area contributed by atoms with Crippen molar-refractivity contribution in [1.29, 1.82) is 0 Å². The van der Waals surface area contributed by atoms with Crippen molar-refractivity contribution < 1.29 is 9.90 Å². The van der Waals surface area contributed by atoms with Crippen LogP contribution in [-0.2, 0) is 4.79 Å². The molecule has 0 aliphatic carbocycles. The van der Waals surface area contributed by atoms with Crippen LogP contribution < -0.4 is 5.73 Å². The Morgan fingerprint density at radius 2 is 2.00 bits per heavy atom. The number of hydrogen-bond donors (Lipinski definition) is 2. The summed E-state index contributed by atoms with van der Waals surface area (Å²) in [6.45, 7) is 0. The van der Waals surface area contributed by atoms with Crippen LogP contribution in [0.15, 0.2) is 42.5 Å². The van der Waals surface area contributed by atoms with Crippen LogP contribution in [0.25, 0.3) is 16.8 Å². The molecule has 0 unspecified atom stereocenters. The Kier molecular flexibility index (Phi) is 3.10. The topological polar surface area (TPSA) is 63.3 Å². The van der Waals surface area contributed by atoms with Crippen LogP contribution in [0.5, 0.6) is 5.75 Å². The fourth-order valence-electron chi connectivity index (χ4n) is 1.75. The Balaban J connectivity index is 2.47. The van der Waals surface area contributed by atoms with Gasteiger partial charge in [-0.3, -0.25) is 4.79 Å². The number of nitrogens with two attached hydrogens (primary N) is 1. The molecule has 0 aliphatic rings. The number of phenols is 1. The Labute approximate surface area is 99.2 Å². The standard InChI is InChI=1S/C14H13NO2/c15-14(17)7-3-6-12-11-5-2-1-4-10(11)8-9-13(12)16/h1-6,8-9,16H,7H2,(H2,15,17). The van der Waals surface area contributed by atoms with Gasteiger partial charge in [0.2, 0.25) is 5.91 Å². The number of benzene rings is 2. The van der Waals surface area contributed by atoms with Crippen molar-refractivity contribution in [2.24, 2.45) is 5.73 Å². The zero-order valence-electron chi connectivity index (χ0n) is 9.26. The first kappa shape index (κ1) is 11.2. The molecule has 2 aromatic rings. The minimum absolute atomic E-state index is 0.169. The first-order valence-corrected chi connectivity index (χ1v) is 5.34. The number of hydrogen-bond acceptors (Lipinski definition) is 2. The minimum Gasteiger partial charge on any atom is -0.507 e. The van der Waals surface area contributed by atoms with Gasteiger partial charge in [-0.1, -0.05) is 42.5 Å². The molecule has 2 aromatic carbocycles. The molecule has 86 valence electrons. The van der Waals surface area contributed by atoms with Gasteiger partial charge in [-0.05, 0) is 16.8 Å². The number of amides is 1. The van der Waals surface area contributed by atoms with Crippen molar-refractivity contribution >= 4 is 22.8 Å². The second-order valence-corrected chi connectivity index (χ2v) is 3.79. The summed E-state index contributed by atoms with van der Waals surface area (Å²) in [6.07, 6.45) is 3.55. The van der Waals surface area contributed by atoms with Crippen LogP contribution in [0.4, 0.5) is 0 Å². The van der Waals surface area contributed by atoms with Gasteiger partial charge in [0.25, 0.3) is 0 Å². The van der Waals surface area contributed by atoms with E-state index in [1.54, 1.807) is 18.2 Å². The molecule has 1 amide bonds. The average Bonchev–Trinajstić information content (AvgIpc) is 2.32. The van der Waals surface area contributed by atoms with E-state index in [1.165, 1.54) is 0 Å². The summed E-state index contributed by atoms with van der Waals surface area (Å²) in [5, 5.41) is 11.8. The maximum absolute atomic E-state index is 10.6. The van der Waals surface area contributed by atoms with E-state index in [1.807, 2.05) is 30.3 Å². The second kappa shape index (κ2) is 4.70. The summed E-state index contributed by atoms with van der Waals surface area (Å²) in [7, 11) is 0. The van der Waals surface area contributed by atoms with Crippen molar-refractivity contribution in [3.8, 4) is 5.75 Å². The summed E-state index contributed by atoms with van der Waals surface area (Å²) in [6, 6.07) is 11.3. The molecular formula is C14H13NO2. The molecule has 17 heavy (non-hydrogen) atoms. The molecule has 0 aliphatic heterocycles. The molecule has 0 fully saturated rings. The number of primary amides is 1. The predicted octanol–water partition coefficient (Wildman–Crippen LogP) is 2.43. The molecule has 0 bridgehead atoms. The summed E-state index contributed by atoms with van der Waals surface area (Å²) in [5.41, 5.74) is 5.77. The van der Waals surface area contributed by atoms with Crippen molar-refractivity contribution in [2.75, 3.05) is 0 Å². The smallest absolute Gasteiger partial charge is 0.221 e. The lowest BCUT2D eigenvalue weighted by Crippen LogP contribution is -2.07. The molecular weight excluding hydrogens is 214 g/mol. The lowest BCUT2D eigenvalue weighted by Gasteiger charge is -2.04. The molecule has 0 radical (unpaired) electrons. The highest BCUT2D eigenvalue weighted by Crippen LogP contribution is 2.28. The van der Waals surface area contributed by atoms with E-state index in [9.17, 15) is 9.90 Å². The molecule has 3 nitrogen and oxygen atoms in total. The molecule has 0 atom stereocenters. The third kappa shape index (κ3) is 2.45. The fourth-order valence-corrected chi connectivity index (χ4v) is 1.75. The van der Waals surface area contributed by atoms with Gasteiger partial charge in [0.05, 0.1) is 0 Å². The first-order chi connectivity index (χ1) is 8.18. The van der Waals surface area contributed by atoms with Crippen molar-refractivity contribution in [3.63, 3.8) is 0 Å². The van der Waals surface area contributed by atoms with Gasteiger partial charge >= 0.3 is 0 Å². The van der Waals surface area contributed by atoms with E-state index in [4.69, 9.17) is 5.73 Å². The maximum Gasteiger partial charge on any atom is 0.221 e. The van der Waals surface area contributed by atoms with Crippen LogP contribution in [0.2, 0.25) is 0 Å². The predicted molar refractivity (Wildman–Crippen MR) is 68.5 cm³/mol. The normalized spacial score (nSPS) is 11.1. The SMILES string of the molecule is NC(=O)CC=Cc1c(O)ccc2ccccc12. The zero-order chi connectivity index (χ0) is 12.3. The lowest BCUT2D eigenvalue weighted by molar-refractivity contribution is -0.117. The third-order valence-corrected chi connectivity index (χ3v) is 2.55. The largest absolute Gasteiger partial charge is 0.507 e. The van der Waals surface area contributed by atoms with Crippen LogP contribution in [0.1, 0.15) is 12.0 Å². The number of fused-ring (bicyclic) bond motifs is 1. The molecule has 0 aromatic heterocycles. The Morgan fingerprint density at radius 3 is 2.76 bits per heavy atom. The molecule has 0 saturated heterocycles. The van der Waals surface area contributed by atoms with E-state index in [0.29, 0.717) is 5.56 Å². The van der Waals surface area contributed by atoms with E-state index in [0.717, 1.165) is 10.8 Å². The maximum atomic E-state index is 10.6. The van der Waals surface area contributed by atoms with Gasteiger partial charge in [-0.15, -0.1) is 0 Å². The van der Waals surface area contributed by atoms with Crippen LogP contribution in [-0.4, -0.2) is 11.0 Å². The highest BCUT2D eigenvalue weighted by atomic mass is 16.3. The average molecular weight is 227 g/mol. The second-order valence-electron chi connectivity index (χ2n) is 3.79. The Hall–Kier alpha value is -2.29. The molecule has 0 heterocycles. The van der Waals surface area contributed by atoms with Gasteiger partial charge in [-0.25, -0.2) is 0 Å². The molecule has 2 rings (SSSR count). The first-order valence-electron chi connectivity index (χ1n) is 5.34. The van der Waals surface area contributed by atoms with E-state index < -0.39 is 0 Å². The fraction of sp³-hybridized carbons (Fsp3) is 0.0714. The summed E-state index contributed by atoms with van der Waals surface area (Å²) < 4.78 is 0. The summed E-state index contributed by atoms with van der Waals surface area (Å²) in [5.74, 6) is -0.189. The van der Waals surface area contributed by atoms with Gasteiger partial charge in [0, 0.05) is 12.0 Å². The van der Waals surface area contributed by atoms with Gasteiger partial charge < -0.3 is 10.8 Å². The molecule has 3 N–H and O–H groups in total. The number of carbonyl (C=O) groups is 1. The number of carbonyl (C=O) groups excluding carboxylic acids is 1. The monoisotopic (exact) mass is 227 g/mol. The van der Waals surface area contributed by atoms with Crippen molar-refractivity contribution in [3.05, 3.63) is 48.0 Å². The quantitative estimate of drug-likeness (QED) is 0.845. The van der Waals surface area contributed by atoms with E-state index >= 15 is 0 Å². The lowest BCUT2D eigenvalue weighted by atomic mass is 10.0. The highest BCUT2D eigenvalue weighted by Gasteiger charge is 2.03. The van der Waals surface area contributed by atoms with E-state index in [2.05, 4.69) is 0 Å². The third-order valence-electron chi connectivity index (χ3n) is 2.55. The van der Waals surface area contributed by atoms with E-state index in [-0.39, 0.29) is 18.1 Å². The summed E-state index contributed by atoms with van der Waals surface area (Å²) >= 11 is 0. The van der Waals surface area contributed by atoms with Crippen LogP contribution in [0, 0.1) is 0 Å². The van der Waals surface area contributed by atoms with Crippen molar-refractivity contribution in [2.45, 2.75) is 6.42 Å². The Bertz CT molecular complexity index is 588. The van der Waals surface area contributed by atoms with Crippen LogP contribution in [0.3, 0.4) is 0 Å². The Morgan fingerprint density at radius 1 is 1.24 bits per heavy atom. The number of phenolic OH excluding ortho intramolecular Hbond substituents is 1.